The maximum absolute atomic E-state index is 13.1. The Balaban J connectivity index is 1.46. The summed E-state index contributed by atoms with van der Waals surface area (Å²) in [6.45, 7) is 3.13. The van der Waals surface area contributed by atoms with E-state index in [0.29, 0.717) is 53.4 Å². The topological polar surface area (TPSA) is 101 Å². The van der Waals surface area contributed by atoms with Crippen LogP contribution in [0.5, 0.6) is 5.75 Å². The number of nitrogens with one attached hydrogen (secondary N) is 1. The predicted octanol–water partition coefficient (Wildman–Crippen LogP) is 3.15. The highest BCUT2D eigenvalue weighted by atomic mass is 16.5. The van der Waals surface area contributed by atoms with Gasteiger partial charge in [-0.25, -0.2) is 4.98 Å². The van der Waals surface area contributed by atoms with Crippen LogP contribution >= 0.6 is 0 Å². The molecule has 1 amide bonds. The summed E-state index contributed by atoms with van der Waals surface area (Å²) in [4.78, 5) is 36.9. The summed E-state index contributed by atoms with van der Waals surface area (Å²) in [7, 11) is 3.33. The number of hydrogen-bond acceptors (Lipinski definition) is 7. The van der Waals surface area contributed by atoms with Crippen LogP contribution in [-0.4, -0.2) is 67.8 Å². The number of methoxy groups -OCH3 is 1. The zero-order valence-electron chi connectivity index (χ0n) is 19.6. The highest BCUT2D eigenvalue weighted by Crippen LogP contribution is 2.33. The van der Waals surface area contributed by atoms with Gasteiger partial charge in [0.2, 0.25) is 5.91 Å². The molecular weight excluding hydrogens is 448 g/mol. The number of pyridine rings is 1. The third-order valence-corrected chi connectivity index (χ3v) is 6.23. The van der Waals surface area contributed by atoms with Crippen molar-refractivity contribution in [1.29, 1.82) is 0 Å². The number of aromatic nitrogens is 2. The maximum Gasteiger partial charge on any atom is 0.240 e. The molecule has 2 aromatic heterocycles. The van der Waals surface area contributed by atoms with Crippen molar-refractivity contribution in [2.45, 2.75) is 0 Å². The lowest BCUT2D eigenvalue weighted by Gasteiger charge is -2.28. The Morgan fingerprint density at radius 2 is 2.03 bits per heavy atom. The number of rotatable bonds is 6. The van der Waals surface area contributed by atoms with Crippen molar-refractivity contribution in [3.63, 3.8) is 0 Å². The largest absolute Gasteiger partial charge is 0.496 e. The summed E-state index contributed by atoms with van der Waals surface area (Å²) >= 11 is 0. The Morgan fingerprint density at radius 1 is 1.20 bits per heavy atom. The summed E-state index contributed by atoms with van der Waals surface area (Å²) in [6.07, 6.45) is 2.91. The van der Waals surface area contributed by atoms with E-state index in [2.05, 4.69) is 14.9 Å². The second-order valence-electron chi connectivity index (χ2n) is 8.40. The SMILES string of the molecule is COc1cc2[nH]c(-c3cccc(N(C)C(=O)CN4CCOCC4)c3)cc(=O)c2cc1-c1cnco1. The van der Waals surface area contributed by atoms with Crippen LogP contribution in [0, 0.1) is 0 Å². The van der Waals surface area contributed by atoms with E-state index in [1.807, 2.05) is 24.3 Å². The lowest BCUT2D eigenvalue weighted by atomic mass is 10.0. The Morgan fingerprint density at radius 3 is 2.77 bits per heavy atom. The van der Waals surface area contributed by atoms with Crippen molar-refractivity contribution in [3.05, 3.63) is 65.3 Å². The van der Waals surface area contributed by atoms with Crippen LogP contribution in [0.3, 0.4) is 0 Å². The number of hydrogen-bond donors (Lipinski definition) is 1. The second kappa shape index (κ2) is 9.73. The molecule has 2 aromatic carbocycles. The van der Waals surface area contributed by atoms with Gasteiger partial charge >= 0.3 is 0 Å². The molecule has 180 valence electrons. The van der Waals surface area contributed by atoms with E-state index in [1.54, 1.807) is 43.5 Å². The molecule has 1 aliphatic rings. The Hall–Kier alpha value is -3.95. The number of carbonyl (C=O) groups excluding carboxylic acids is 1. The highest BCUT2D eigenvalue weighted by Gasteiger charge is 2.19. The van der Waals surface area contributed by atoms with Gasteiger partial charge in [0.1, 0.15) is 5.75 Å². The summed E-state index contributed by atoms with van der Waals surface area (Å²) in [5, 5.41) is 0.509. The van der Waals surface area contributed by atoms with Gasteiger partial charge in [0.15, 0.2) is 17.6 Å². The average molecular weight is 475 g/mol. The zero-order chi connectivity index (χ0) is 24.4. The third-order valence-electron chi connectivity index (χ3n) is 6.23. The van der Waals surface area contributed by atoms with Crippen LogP contribution < -0.4 is 15.1 Å². The monoisotopic (exact) mass is 474 g/mol. The standard InChI is InChI=1S/C26H26N4O5/c1-29(26(32)15-30-6-8-34-9-7-30)18-5-3-4-17(10-18)21-12-23(31)19-11-20(25-14-27-16-35-25)24(33-2)13-22(19)28-21/h3-5,10-14,16H,6-9,15H2,1-2H3,(H,28,31). The van der Waals surface area contributed by atoms with Gasteiger partial charge in [-0.1, -0.05) is 12.1 Å². The quantitative estimate of drug-likeness (QED) is 0.458. The molecule has 5 rings (SSSR count). The van der Waals surface area contributed by atoms with E-state index in [-0.39, 0.29) is 11.3 Å². The molecule has 0 unspecified atom stereocenters. The number of fused-ring (bicyclic) bond motifs is 1. The van der Waals surface area contributed by atoms with E-state index >= 15 is 0 Å². The summed E-state index contributed by atoms with van der Waals surface area (Å²) in [6, 6.07) is 12.6. The van der Waals surface area contributed by atoms with Crippen molar-refractivity contribution < 1.29 is 18.7 Å². The molecule has 35 heavy (non-hydrogen) atoms. The Bertz CT molecular complexity index is 1410. The van der Waals surface area contributed by atoms with Gasteiger partial charge in [-0.05, 0) is 18.2 Å². The van der Waals surface area contributed by atoms with Crippen LogP contribution in [0.25, 0.3) is 33.5 Å². The fraction of sp³-hybridized carbons (Fsp3) is 0.269. The maximum atomic E-state index is 13.1. The van der Waals surface area contributed by atoms with Crippen molar-refractivity contribution in [2.24, 2.45) is 0 Å². The molecule has 1 N–H and O–H groups in total. The Kier molecular flexibility index (Phi) is 6.35. The van der Waals surface area contributed by atoms with E-state index in [9.17, 15) is 9.59 Å². The van der Waals surface area contributed by atoms with Gasteiger partial charge in [0.25, 0.3) is 0 Å². The van der Waals surface area contributed by atoms with Crippen molar-refractivity contribution in [1.82, 2.24) is 14.9 Å². The van der Waals surface area contributed by atoms with Crippen LogP contribution in [0.4, 0.5) is 5.69 Å². The highest BCUT2D eigenvalue weighted by molar-refractivity contribution is 5.95. The van der Waals surface area contributed by atoms with Crippen molar-refractivity contribution in [2.75, 3.05) is 51.9 Å². The molecule has 0 aliphatic carbocycles. The number of amides is 1. The Labute approximate surface area is 201 Å². The number of morpholine rings is 1. The number of nitrogens with zero attached hydrogens (tertiary/aromatic N) is 3. The third kappa shape index (κ3) is 4.68. The number of carbonyl (C=O) groups is 1. The summed E-state index contributed by atoms with van der Waals surface area (Å²) < 4.78 is 16.3. The normalized spacial score (nSPS) is 14.2. The first-order chi connectivity index (χ1) is 17.0. The predicted molar refractivity (Wildman–Crippen MR) is 133 cm³/mol. The molecule has 0 radical (unpaired) electrons. The van der Waals surface area contributed by atoms with Crippen LogP contribution in [-0.2, 0) is 9.53 Å². The van der Waals surface area contributed by atoms with E-state index in [4.69, 9.17) is 13.9 Å². The molecule has 3 heterocycles. The van der Waals surface area contributed by atoms with E-state index in [1.165, 1.54) is 6.39 Å². The molecule has 9 heteroatoms. The number of ether oxygens (including phenoxy) is 2. The molecular formula is C26H26N4O5. The first-order valence-electron chi connectivity index (χ1n) is 11.3. The zero-order valence-corrected chi connectivity index (χ0v) is 19.6. The molecule has 9 nitrogen and oxygen atoms in total. The molecule has 4 aromatic rings. The molecule has 0 bridgehead atoms. The summed E-state index contributed by atoms with van der Waals surface area (Å²) in [5.74, 6) is 1.08. The number of likely N-dealkylation sites (N-methyl/N-ethyl adjacent to an activating group) is 1. The van der Waals surface area contributed by atoms with Crippen LogP contribution in [0.15, 0.2) is 64.3 Å². The van der Waals surface area contributed by atoms with Gasteiger partial charge < -0.3 is 23.8 Å². The minimum Gasteiger partial charge on any atom is -0.496 e. The average Bonchev–Trinajstić information content (AvgIpc) is 3.43. The number of benzene rings is 2. The molecule has 1 saturated heterocycles. The molecule has 1 aliphatic heterocycles. The molecule has 0 spiro atoms. The molecule has 1 fully saturated rings. The lowest BCUT2D eigenvalue weighted by molar-refractivity contribution is -0.120. The number of anilines is 1. The number of oxazole rings is 1. The minimum absolute atomic E-state index is 0.000682. The first kappa shape index (κ1) is 22.8. The summed E-state index contributed by atoms with van der Waals surface area (Å²) in [5.41, 5.74) is 3.34. The van der Waals surface area contributed by atoms with Gasteiger partial charge in [-0.3, -0.25) is 14.5 Å². The van der Waals surface area contributed by atoms with Crippen LogP contribution in [0.2, 0.25) is 0 Å². The van der Waals surface area contributed by atoms with E-state index < -0.39 is 0 Å². The lowest BCUT2D eigenvalue weighted by Crippen LogP contribution is -2.43. The van der Waals surface area contributed by atoms with Gasteiger partial charge in [0, 0.05) is 54.6 Å². The second-order valence-corrected chi connectivity index (χ2v) is 8.40. The number of aromatic amines is 1. The van der Waals surface area contributed by atoms with Crippen molar-refractivity contribution in [3.8, 4) is 28.3 Å². The first-order valence-corrected chi connectivity index (χ1v) is 11.3. The molecule has 0 atom stereocenters. The minimum atomic E-state index is -0.140. The fourth-order valence-corrected chi connectivity index (χ4v) is 4.23. The van der Waals surface area contributed by atoms with E-state index in [0.717, 1.165) is 24.3 Å². The van der Waals surface area contributed by atoms with Gasteiger partial charge in [-0.2, -0.15) is 0 Å². The van der Waals surface area contributed by atoms with Crippen molar-refractivity contribution >= 4 is 22.5 Å². The van der Waals surface area contributed by atoms with Gasteiger partial charge in [-0.15, -0.1) is 0 Å². The smallest absolute Gasteiger partial charge is 0.240 e. The number of H-pyrrole nitrogens is 1. The molecule has 0 saturated carbocycles. The fourth-order valence-electron chi connectivity index (χ4n) is 4.23. The van der Waals surface area contributed by atoms with Crippen LogP contribution in [0.1, 0.15) is 0 Å². The van der Waals surface area contributed by atoms with Gasteiger partial charge in [0.05, 0.1) is 44.1 Å².